The van der Waals surface area contributed by atoms with Gasteiger partial charge in [-0.1, -0.05) is 0 Å². The van der Waals surface area contributed by atoms with E-state index in [-0.39, 0.29) is 6.10 Å². The van der Waals surface area contributed by atoms with Crippen molar-refractivity contribution < 1.29 is 4.74 Å². The quantitative estimate of drug-likeness (QED) is 0.669. The first-order valence-electron chi connectivity index (χ1n) is 4.89. The predicted octanol–water partition coefficient (Wildman–Crippen LogP) is 0.573. The zero-order valence-electron chi connectivity index (χ0n) is 8.55. The number of hydrogen-bond acceptors (Lipinski definition) is 5. The molecule has 1 aliphatic rings. The molecule has 1 atom stereocenters. The fourth-order valence-electron chi connectivity index (χ4n) is 1.70. The summed E-state index contributed by atoms with van der Waals surface area (Å²) >= 11 is 0. The van der Waals surface area contributed by atoms with Gasteiger partial charge in [0.25, 0.3) is 0 Å². The van der Waals surface area contributed by atoms with E-state index in [9.17, 15) is 0 Å². The molecule has 1 aromatic heterocycles. The van der Waals surface area contributed by atoms with Gasteiger partial charge in [0.2, 0.25) is 0 Å². The van der Waals surface area contributed by atoms with Crippen LogP contribution in [0.4, 0.5) is 5.69 Å². The van der Waals surface area contributed by atoms with Gasteiger partial charge in [0.1, 0.15) is 6.07 Å². The Morgan fingerprint density at radius 3 is 3.27 bits per heavy atom. The van der Waals surface area contributed by atoms with Crippen LogP contribution in [0.3, 0.4) is 0 Å². The molecule has 1 unspecified atom stereocenters. The molecule has 0 aliphatic carbocycles. The highest BCUT2D eigenvalue weighted by atomic mass is 16.5. The first kappa shape index (κ1) is 9.87. The maximum absolute atomic E-state index is 8.90. The van der Waals surface area contributed by atoms with Crippen LogP contribution in [0.5, 0.6) is 0 Å². The summed E-state index contributed by atoms with van der Waals surface area (Å²) < 4.78 is 5.44. The standard InChI is InChI=1S/C10H12N4O/c1-8-7-14(4-5-15-8)10-2-3-12-13-9(10)6-11/h2-3,8H,4-5,7H2,1H3. The Kier molecular flexibility index (Phi) is 2.79. The maximum atomic E-state index is 8.90. The zero-order chi connectivity index (χ0) is 10.7. The van der Waals surface area contributed by atoms with Gasteiger partial charge in [-0.2, -0.15) is 10.4 Å². The van der Waals surface area contributed by atoms with Gasteiger partial charge in [-0.25, -0.2) is 0 Å². The zero-order valence-corrected chi connectivity index (χ0v) is 8.55. The molecule has 0 spiro atoms. The number of nitriles is 1. The molecular formula is C10H12N4O. The van der Waals surface area contributed by atoms with Crippen LogP contribution in [0, 0.1) is 11.3 Å². The van der Waals surface area contributed by atoms with Gasteiger partial charge in [0, 0.05) is 13.1 Å². The van der Waals surface area contributed by atoms with Gasteiger partial charge >= 0.3 is 0 Å². The predicted molar refractivity (Wildman–Crippen MR) is 54.4 cm³/mol. The average Bonchev–Trinajstić information content (AvgIpc) is 2.29. The third-order valence-electron chi connectivity index (χ3n) is 2.39. The normalized spacial score (nSPS) is 21.1. The van der Waals surface area contributed by atoms with Crippen molar-refractivity contribution in [2.45, 2.75) is 13.0 Å². The Morgan fingerprint density at radius 1 is 1.67 bits per heavy atom. The van der Waals surface area contributed by atoms with Crippen LogP contribution < -0.4 is 4.90 Å². The van der Waals surface area contributed by atoms with Crippen molar-refractivity contribution in [3.8, 4) is 6.07 Å². The first-order chi connectivity index (χ1) is 7.31. The number of aromatic nitrogens is 2. The molecule has 0 aromatic carbocycles. The summed E-state index contributed by atoms with van der Waals surface area (Å²) in [6.07, 6.45) is 1.80. The molecule has 1 saturated heterocycles. The number of anilines is 1. The molecule has 0 amide bonds. The van der Waals surface area contributed by atoms with E-state index in [4.69, 9.17) is 10.00 Å². The topological polar surface area (TPSA) is 62.0 Å². The summed E-state index contributed by atoms with van der Waals surface area (Å²) in [5.41, 5.74) is 1.23. The van der Waals surface area contributed by atoms with E-state index in [1.165, 1.54) is 0 Å². The Labute approximate surface area is 88.3 Å². The van der Waals surface area contributed by atoms with Gasteiger partial charge in [-0.15, -0.1) is 5.10 Å². The van der Waals surface area contributed by atoms with Crippen molar-refractivity contribution in [2.24, 2.45) is 0 Å². The van der Waals surface area contributed by atoms with E-state index < -0.39 is 0 Å². The Balaban J connectivity index is 2.25. The summed E-state index contributed by atoms with van der Waals surface area (Å²) in [5.74, 6) is 0. The van der Waals surface area contributed by atoms with Crippen LogP contribution in [0.1, 0.15) is 12.6 Å². The van der Waals surface area contributed by atoms with Crippen LogP contribution in [0.2, 0.25) is 0 Å². The number of morpholine rings is 1. The van der Waals surface area contributed by atoms with Crippen LogP contribution in [-0.2, 0) is 4.74 Å². The summed E-state index contributed by atoms with van der Waals surface area (Å²) in [6, 6.07) is 3.87. The van der Waals surface area contributed by atoms with E-state index in [0.717, 1.165) is 18.8 Å². The van der Waals surface area contributed by atoms with Crippen LogP contribution >= 0.6 is 0 Å². The lowest BCUT2D eigenvalue weighted by atomic mass is 10.2. The number of nitrogens with zero attached hydrogens (tertiary/aromatic N) is 4. The number of ether oxygens (including phenoxy) is 1. The second kappa shape index (κ2) is 4.24. The summed E-state index contributed by atoms with van der Waals surface area (Å²) in [6.45, 7) is 4.30. The van der Waals surface area contributed by atoms with E-state index in [0.29, 0.717) is 12.3 Å². The fourth-order valence-corrected chi connectivity index (χ4v) is 1.70. The lowest BCUT2D eigenvalue weighted by Crippen LogP contribution is -2.41. The molecular weight excluding hydrogens is 192 g/mol. The lowest BCUT2D eigenvalue weighted by Gasteiger charge is -2.32. The van der Waals surface area contributed by atoms with Gasteiger partial charge in [0.15, 0.2) is 5.69 Å². The molecule has 1 aliphatic heterocycles. The van der Waals surface area contributed by atoms with Crippen molar-refractivity contribution in [1.29, 1.82) is 5.26 Å². The molecule has 78 valence electrons. The number of hydrogen-bond donors (Lipinski definition) is 0. The van der Waals surface area contributed by atoms with Gasteiger partial charge in [0.05, 0.1) is 24.6 Å². The van der Waals surface area contributed by atoms with Crippen LogP contribution in [0.25, 0.3) is 0 Å². The SMILES string of the molecule is CC1CN(c2ccnnc2C#N)CCO1. The third-order valence-corrected chi connectivity index (χ3v) is 2.39. The molecule has 1 fully saturated rings. The second-order valence-corrected chi connectivity index (χ2v) is 3.50. The van der Waals surface area contributed by atoms with Gasteiger partial charge in [-0.3, -0.25) is 0 Å². The largest absolute Gasteiger partial charge is 0.375 e. The number of rotatable bonds is 1. The highest BCUT2D eigenvalue weighted by Crippen LogP contribution is 2.19. The van der Waals surface area contributed by atoms with E-state index in [1.54, 1.807) is 6.20 Å². The monoisotopic (exact) mass is 204 g/mol. The molecule has 1 aromatic rings. The Hall–Kier alpha value is -1.67. The molecule has 15 heavy (non-hydrogen) atoms. The molecule has 0 N–H and O–H groups in total. The Morgan fingerprint density at radius 2 is 2.53 bits per heavy atom. The minimum Gasteiger partial charge on any atom is -0.375 e. The van der Waals surface area contributed by atoms with Crippen LogP contribution in [-0.4, -0.2) is 36.0 Å². The van der Waals surface area contributed by atoms with Gasteiger partial charge in [-0.05, 0) is 13.0 Å². The van der Waals surface area contributed by atoms with Crippen molar-refractivity contribution >= 4 is 5.69 Å². The molecule has 0 saturated carbocycles. The first-order valence-corrected chi connectivity index (χ1v) is 4.89. The van der Waals surface area contributed by atoms with E-state index in [1.807, 2.05) is 13.0 Å². The van der Waals surface area contributed by atoms with Crippen molar-refractivity contribution in [3.63, 3.8) is 0 Å². The summed E-state index contributed by atoms with van der Waals surface area (Å²) in [4.78, 5) is 2.11. The molecule has 2 heterocycles. The second-order valence-electron chi connectivity index (χ2n) is 3.50. The molecule has 0 radical (unpaired) electrons. The molecule has 0 bridgehead atoms. The average molecular weight is 204 g/mol. The minimum atomic E-state index is 0.193. The van der Waals surface area contributed by atoms with Crippen molar-refractivity contribution in [1.82, 2.24) is 10.2 Å². The maximum Gasteiger partial charge on any atom is 0.186 e. The van der Waals surface area contributed by atoms with Crippen LogP contribution in [0.15, 0.2) is 12.3 Å². The molecule has 5 nitrogen and oxygen atoms in total. The molecule has 2 rings (SSSR count). The van der Waals surface area contributed by atoms with Gasteiger partial charge < -0.3 is 9.64 Å². The highest BCUT2D eigenvalue weighted by molar-refractivity contribution is 5.55. The minimum absolute atomic E-state index is 0.193. The third kappa shape index (κ3) is 2.05. The summed E-state index contributed by atoms with van der Waals surface area (Å²) in [5, 5.41) is 16.4. The smallest absolute Gasteiger partial charge is 0.186 e. The van der Waals surface area contributed by atoms with Crippen molar-refractivity contribution in [3.05, 3.63) is 18.0 Å². The fraction of sp³-hybridized carbons (Fsp3) is 0.500. The molecule has 5 heteroatoms. The summed E-state index contributed by atoms with van der Waals surface area (Å²) in [7, 11) is 0. The lowest BCUT2D eigenvalue weighted by molar-refractivity contribution is 0.0532. The highest BCUT2D eigenvalue weighted by Gasteiger charge is 2.19. The van der Waals surface area contributed by atoms with E-state index in [2.05, 4.69) is 21.2 Å². The van der Waals surface area contributed by atoms with E-state index >= 15 is 0 Å². The Bertz CT molecular complexity index is 387. The van der Waals surface area contributed by atoms with Crippen molar-refractivity contribution in [2.75, 3.05) is 24.6 Å².